The van der Waals surface area contributed by atoms with Crippen LogP contribution in [0.25, 0.3) is 0 Å². The fourth-order valence-electron chi connectivity index (χ4n) is 2.28. The number of guanidine groups is 1. The van der Waals surface area contributed by atoms with Crippen LogP contribution in [0.2, 0.25) is 0 Å². The van der Waals surface area contributed by atoms with E-state index in [2.05, 4.69) is 47.9 Å². The minimum atomic E-state index is -0.196. The second-order valence-electron chi connectivity index (χ2n) is 5.91. The number of aliphatic imine (C=N–C) groups is 1. The molecule has 0 aromatic rings. The summed E-state index contributed by atoms with van der Waals surface area (Å²) in [4.78, 5) is 9.20. The van der Waals surface area contributed by atoms with Gasteiger partial charge in [0.05, 0.1) is 6.10 Å². The Bertz CT molecular complexity index is 294. The number of nitrogens with zero attached hydrogens (tertiary/aromatic N) is 3. The van der Waals surface area contributed by atoms with Gasteiger partial charge in [-0.05, 0) is 53.6 Å². The Morgan fingerprint density at radius 2 is 2.20 bits per heavy atom. The molecule has 0 spiro atoms. The van der Waals surface area contributed by atoms with Crippen molar-refractivity contribution in [1.82, 2.24) is 15.1 Å². The zero-order chi connectivity index (χ0) is 15.0. The van der Waals surface area contributed by atoms with E-state index in [-0.39, 0.29) is 6.10 Å². The first-order valence-electron chi connectivity index (χ1n) is 7.96. The van der Waals surface area contributed by atoms with Gasteiger partial charge in [0.1, 0.15) is 0 Å². The standard InChI is InChI=1S/C15H32N4O/c1-5-16-15(19-11-8-14(20)12-19)17-9-6-7-10-18(4)13(2)3/h13-14,20H,5-12H2,1-4H3,(H,16,17)/t14-/m1/s1. The molecule has 0 unspecified atom stereocenters. The fraction of sp³-hybridized carbons (Fsp3) is 0.933. The van der Waals surface area contributed by atoms with Crippen molar-refractivity contribution < 1.29 is 5.11 Å². The van der Waals surface area contributed by atoms with Crippen LogP contribution in [0.15, 0.2) is 4.99 Å². The minimum absolute atomic E-state index is 0.196. The second-order valence-corrected chi connectivity index (χ2v) is 5.91. The molecule has 5 heteroatoms. The predicted octanol–water partition coefficient (Wildman–Crippen LogP) is 1.14. The van der Waals surface area contributed by atoms with Crippen LogP contribution in [0.1, 0.15) is 40.0 Å². The number of hydrogen-bond donors (Lipinski definition) is 2. The number of likely N-dealkylation sites (tertiary alicyclic amines) is 1. The average Bonchev–Trinajstić information content (AvgIpc) is 2.83. The van der Waals surface area contributed by atoms with Gasteiger partial charge in [0.15, 0.2) is 5.96 Å². The van der Waals surface area contributed by atoms with Crippen molar-refractivity contribution in [3.63, 3.8) is 0 Å². The van der Waals surface area contributed by atoms with Gasteiger partial charge in [-0.1, -0.05) is 0 Å². The summed E-state index contributed by atoms with van der Waals surface area (Å²) in [6.07, 6.45) is 2.95. The highest BCUT2D eigenvalue weighted by atomic mass is 16.3. The molecule has 0 radical (unpaired) electrons. The topological polar surface area (TPSA) is 51.1 Å². The maximum atomic E-state index is 9.61. The molecule has 118 valence electrons. The van der Waals surface area contributed by atoms with E-state index in [1.54, 1.807) is 0 Å². The number of unbranched alkanes of at least 4 members (excludes halogenated alkanes) is 1. The molecule has 0 saturated carbocycles. The largest absolute Gasteiger partial charge is 0.391 e. The van der Waals surface area contributed by atoms with Crippen molar-refractivity contribution in [2.24, 2.45) is 4.99 Å². The summed E-state index contributed by atoms with van der Waals surface area (Å²) in [6.45, 7) is 11.0. The maximum absolute atomic E-state index is 9.61. The summed E-state index contributed by atoms with van der Waals surface area (Å²) >= 11 is 0. The van der Waals surface area contributed by atoms with E-state index in [4.69, 9.17) is 0 Å². The van der Waals surface area contributed by atoms with Crippen LogP contribution < -0.4 is 5.32 Å². The Balaban J connectivity index is 2.29. The van der Waals surface area contributed by atoms with Gasteiger partial charge in [0.2, 0.25) is 0 Å². The zero-order valence-corrected chi connectivity index (χ0v) is 13.6. The number of nitrogens with one attached hydrogen (secondary N) is 1. The molecule has 0 aliphatic carbocycles. The summed E-state index contributed by atoms with van der Waals surface area (Å²) in [5.41, 5.74) is 0. The van der Waals surface area contributed by atoms with Gasteiger partial charge in [-0.25, -0.2) is 0 Å². The molecule has 5 nitrogen and oxygen atoms in total. The van der Waals surface area contributed by atoms with Gasteiger partial charge in [0.25, 0.3) is 0 Å². The quantitative estimate of drug-likeness (QED) is 0.418. The molecule has 0 amide bonds. The zero-order valence-electron chi connectivity index (χ0n) is 13.6. The number of hydrogen-bond acceptors (Lipinski definition) is 3. The summed E-state index contributed by atoms with van der Waals surface area (Å²) in [5, 5.41) is 12.9. The average molecular weight is 284 g/mol. The van der Waals surface area contributed by atoms with E-state index >= 15 is 0 Å². The SMILES string of the molecule is CCNC(=NCCCCN(C)C(C)C)N1CC[C@@H](O)C1. The first kappa shape index (κ1) is 17.2. The number of aliphatic hydroxyl groups is 1. The van der Waals surface area contributed by atoms with Gasteiger partial charge in [-0.15, -0.1) is 0 Å². The predicted molar refractivity (Wildman–Crippen MR) is 85.2 cm³/mol. The first-order valence-corrected chi connectivity index (χ1v) is 7.96. The van der Waals surface area contributed by atoms with Gasteiger partial charge in [-0.2, -0.15) is 0 Å². The van der Waals surface area contributed by atoms with Crippen molar-refractivity contribution in [2.75, 3.05) is 39.8 Å². The van der Waals surface area contributed by atoms with Crippen molar-refractivity contribution in [3.05, 3.63) is 0 Å². The summed E-state index contributed by atoms with van der Waals surface area (Å²) < 4.78 is 0. The molecule has 1 heterocycles. The van der Waals surface area contributed by atoms with E-state index in [0.717, 1.165) is 45.0 Å². The highest BCUT2D eigenvalue weighted by molar-refractivity contribution is 5.80. The highest BCUT2D eigenvalue weighted by Gasteiger charge is 2.22. The molecule has 1 aliphatic rings. The Morgan fingerprint density at radius 1 is 1.45 bits per heavy atom. The first-order chi connectivity index (χ1) is 9.54. The lowest BCUT2D eigenvalue weighted by Gasteiger charge is -2.21. The molecular formula is C15H32N4O. The van der Waals surface area contributed by atoms with E-state index < -0.39 is 0 Å². The normalized spacial score (nSPS) is 20.2. The van der Waals surface area contributed by atoms with E-state index in [1.165, 1.54) is 6.42 Å². The molecule has 20 heavy (non-hydrogen) atoms. The Labute approximate surface area is 124 Å². The fourth-order valence-corrected chi connectivity index (χ4v) is 2.28. The monoisotopic (exact) mass is 284 g/mol. The summed E-state index contributed by atoms with van der Waals surface area (Å²) in [7, 11) is 2.17. The van der Waals surface area contributed by atoms with Crippen molar-refractivity contribution in [1.29, 1.82) is 0 Å². The maximum Gasteiger partial charge on any atom is 0.194 e. The van der Waals surface area contributed by atoms with Gasteiger partial charge in [-0.3, -0.25) is 4.99 Å². The lowest BCUT2D eigenvalue weighted by atomic mass is 10.2. The van der Waals surface area contributed by atoms with Gasteiger partial charge < -0.3 is 20.2 Å². The van der Waals surface area contributed by atoms with Crippen LogP contribution >= 0.6 is 0 Å². The third-order valence-electron chi connectivity index (χ3n) is 3.86. The molecule has 0 aromatic carbocycles. The minimum Gasteiger partial charge on any atom is -0.391 e. The molecule has 2 N–H and O–H groups in total. The van der Waals surface area contributed by atoms with E-state index in [9.17, 15) is 5.11 Å². The van der Waals surface area contributed by atoms with Crippen molar-refractivity contribution in [3.8, 4) is 0 Å². The molecule has 1 rings (SSSR count). The molecule has 1 aliphatic heterocycles. The lowest BCUT2D eigenvalue weighted by molar-refractivity contribution is 0.188. The van der Waals surface area contributed by atoms with E-state index in [1.807, 2.05) is 0 Å². The second kappa shape index (κ2) is 9.19. The Kier molecular flexibility index (Phi) is 7.92. The number of rotatable bonds is 7. The van der Waals surface area contributed by atoms with Crippen LogP contribution in [0.4, 0.5) is 0 Å². The molecule has 1 atom stereocenters. The van der Waals surface area contributed by atoms with Crippen LogP contribution in [-0.2, 0) is 0 Å². The van der Waals surface area contributed by atoms with Crippen LogP contribution in [0, 0.1) is 0 Å². The Morgan fingerprint density at radius 3 is 2.75 bits per heavy atom. The van der Waals surface area contributed by atoms with E-state index in [0.29, 0.717) is 12.6 Å². The third-order valence-corrected chi connectivity index (χ3v) is 3.86. The van der Waals surface area contributed by atoms with Crippen molar-refractivity contribution >= 4 is 5.96 Å². The number of β-amino-alcohol motifs (C(OH)–C–C–N with tert-alkyl or cyclic N) is 1. The molecule has 1 fully saturated rings. The van der Waals surface area contributed by atoms with Gasteiger partial charge >= 0.3 is 0 Å². The Hall–Kier alpha value is -0.810. The van der Waals surface area contributed by atoms with Crippen LogP contribution in [-0.4, -0.2) is 72.8 Å². The molecule has 0 aromatic heterocycles. The molecule has 0 bridgehead atoms. The molecular weight excluding hydrogens is 252 g/mol. The van der Waals surface area contributed by atoms with Crippen LogP contribution in [0.5, 0.6) is 0 Å². The highest BCUT2D eigenvalue weighted by Crippen LogP contribution is 2.09. The number of aliphatic hydroxyl groups excluding tert-OH is 1. The van der Waals surface area contributed by atoms with Crippen LogP contribution in [0.3, 0.4) is 0 Å². The summed E-state index contributed by atoms with van der Waals surface area (Å²) in [5.74, 6) is 0.960. The molecule has 1 saturated heterocycles. The third kappa shape index (κ3) is 6.09. The summed E-state index contributed by atoms with van der Waals surface area (Å²) in [6, 6.07) is 0.613. The smallest absolute Gasteiger partial charge is 0.194 e. The van der Waals surface area contributed by atoms with Gasteiger partial charge in [0, 0.05) is 32.2 Å². The lowest BCUT2D eigenvalue weighted by Crippen LogP contribution is -2.40. The van der Waals surface area contributed by atoms with Crippen molar-refractivity contribution in [2.45, 2.75) is 52.2 Å².